The number of hydrogen-bond donors (Lipinski definition) is 1. The average molecular weight is 372 g/mol. The van der Waals surface area contributed by atoms with Crippen LogP contribution in [0.25, 0.3) is 0 Å². The van der Waals surface area contributed by atoms with Crippen LogP contribution in [0.3, 0.4) is 0 Å². The zero-order valence-electron chi connectivity index (χ0n) is 14.8. The predicted octanol–water partition coefficient (Wildman–Crippen LogP) is 2.96. The largest absolute Gasteiger partial charge is 0.349 e. The topological polar surface area (TPSA) is 66.5 Å². The van der Waals surface area contributed by atoms with Crippen LogP contribution in [-0.4, -0.2) is 31.7 Å². The molecule has 1 aliphatic rings. The van der Waals surface area contributed by atoms with Gasteiger partial charge in [-0.1, -0.05) is 48.5 Å². The van der Waals surface area contributed by atoms with Crippen LogP contribution in [0.4, 0.5) is 0 Å². The summed E-state index contributed by atoms with van der Waals surface area (Å²) in [6.07, 6.45) is 1.39. The summed E-state index contributed by atoms with van der Waals surface area (Å²) in [6, 6.07) is 18.0. The van der Waals surface area contributed by atoms with Gasteiger partial charge in [-0.2, -0.15) is 4.31 Å². The molecule has 1 N–H and O–H groups in total. The SMILES string of the molecule is CC(NC(=O)C1CCCN(S(=O)(=O)c2ccccc2)C1)c1ccccc1. The van der Waals surface area contributed by atoms with Crippen molar-refractivity contribution in [2.24, 2.45) is 5.92 Å². The molecule has 26 heavy (non-hydrogen) atoms. The summed E-state index contributed by atoms with van der Waals surface area (Å²) in [6.45, 7) is 2.62. The Morgan fingerprint density at radius 1 is 1.08 bits per heavy atom. The summed E-state index contributed by atoms with van der Waals surface area (Å²) >= 11 is 0. The van der Waals surface area contributed by atoms with E-state index in [4.69, 9.17) is 0 Å². The molecule has 0 aromatic heterocycles. The van der Waals surface area contributed by atoms with E-state index in [1.807, 2.05) is 37.3 Å². The lowest BCUT2D eigenvalue weighted by molar-refractivity contribution is -0.126. The minimum atomic E-state index is -3.56. The first kappa shape index (κ1) is 18.6. The van der Waals surface area contributed by atoms with E-state index in [0.717, 1.165) is 5.56 Å². The molecule has 2 atom stereocenters. The number of hydrogen-bond acceptors (Lipinski definition) is 3. The maximum atomic E-state index is 12.8. The van der Waals surface area contributed by atoms with E-state index in [0.29, 0.717) is 19.4 Å². The van der Waals surface area contributed by atoms with Crippen LogP contribution < -0.4 is 5.32 Å². The molecule has 1 amide bonds. The van der Waals surface area contributed by atoms with Gasteiger partial charge in [0.1, 0.15) is 0 Å². The molecule has 2 aromatic rings. The normalized spacial score (nSPS) is 19.7. The molecule has 0 saturated carbocycles. The van der Waals surface area contributed by atoms with Gasteiger partial charge in [-0.3, -0.25) is 4.79 Å². The van der Waals surface area contributed by atoms with E-state index < -0.39 is 10.0 Å². The number of nitrogens with one attached hydrogen (secondary N) is 1. The van der Waals surface area contributed by atoms with Crippen LogP contribution >= 0.6 is 0 Å². The summed E-state index contributed by atoms with van der Waals surface area (Å²) in [5.41, 5.74) is 1.03. The molecule has 1 fully saturated rings. The Balaban J connectivity index is 1.67. The molecule has 3 rings (SSSR count). The molecule has 6 heteroatoms. The van der Waals surface area contributed by atoms with Crippen molar-refractivity contribution in [2.75, 3.05) is 13.1 Å². The fraction of sp³-hybridized carbons (Fsp3) is 0.350. The summed E-state index contributed by atoms with van der Waals surface area (Å²) in [7, 11) is -3.56. The lowest BCUT2D eigenvalue weighted by atomic mass is 9.98. The number of sulfonamides is 1. The number of piperidine rings is 1. The fourth-order valence-electron chi connectivity index (χ4n) is 3.27. The van der Waals surface area contributed by atoms with Crippen molar-refractivity contribution in [2.45, 2.75) is 30.7 Å². The highest BCUT2D eigenvalue weighted by Crippen LogP contribution is 2.24. The van der Waals surface area contributed by atoms with Crippen LogP contribution in [0.15, 0.2) is 65.6 Å². The monoisotopic (exact) mass is 372 g/mol. The van der Waals surface area contributed by atoms with E-state index in [1.54, 1.807) is 30.3 Å². The van der Waals surface area contributed by atoms with Gasteiger partial charge in [0.2, 0.25) is 15.9 Å². The first-order valence-electron chi connectivity index (χ1n) is 8.89. The van der Waals surface area contributed by atoms with E-state index in [-0.39, 0.29) is 29.3 Å². The summed E-state index contributed by atoms with van der Waals surface area (Å²) < 4.78 is 27.0. The molecule has 5 nitrogen and oxygen atoms in total. The zero-order chi connectivity index (χ0) is 18.6. The highest BCUT2D eigenvalue weighted by molar-refractivity contribution is 7.89. The summed E-state index contributed by atoms with van der Waals surface area (Å²) in [5, 5.41) is 3.02. The van der Waals surface area contributed by atoms with Gasteiger partial charge in [-0.05, 0) is 37.5 Å². The lowest BCUT2D eigenvalue weighted by Gasteiger charge is -2.32. The molecule has 0 aliphatic carbocycles. The molecule has 1 aliphatic heterocycles. The second kappa shape index (κ2) is 8.01. The predicted molar refractivity (Wildman–Crippen MR) is 101 cm³/mol. The maximum Gasteiger partial charge on any atom is 0.243 e. The van der Waals surface area contributed by atoms with Gasteiger partial charge in [0.25, 0.3) is 0 Å². The molecular formula is C20H24N2O3S. The average Bonchev–Trinajstić information content (AvgIpc) is 2.69. The van der Waals surface area contributed by atoms with Crippen LogP contribution in [0.2, 0.25) is 0 Å². The lowest BCUT2D eigenvalue weighted by Crippen LogP contribution is -2.45. The minimum Gasteiger partial charge on any atom is -0.349 e. The van der Waals surface area contributed by atoms with Crippen molar-refractivity contribution in [3.63, 3.8) is 0 Å². The first-order valence-corrected chi connectivity index (χ1v) is 10.3. The van der Waals surface area contributed by atoms with E-state index >= 15 is 0 Å². The Bertz CT molecular complexity index is 838. The van der Waals surface area contributed by atoms with Crippen molar-refractivity contribution in [1.82, 2.24) is 9.62 Å². The molecule has 1 saturated heterocycles. The first-order chi connectivity index (χ1) is 12.5. The van der Waals surface area contributed by atoms with Gasteiger partial charge in [0, 0.05) is 13.1 Å². The molecule has 2 aromatic carbocycles. The maximum absolute atomic E-state index is 12.8. The molecule has 2 unspecified atom stereocenters. The van der Waals surface area contributed by atoms with Gasteiger partial charge in [0.15, 0.2) is 0 Å². The Hall–Kier alpha value is -2.18. The van der Waals surface area contributed by atoms with E-state index in [9.17, 15) is 13.2 Å². The van der Waals surface area contributed by atoms with Gasteiger partial charge >= 0.3 is 0 Å². The molecule has 1 heterocycles. The third-order valence-corrected chi connectivity index (χ3v) is 6.67. The molecular weight excluding hydrogens is 348 g/mol. The Labute approximate surface area is 155 Å². The van der Waals surface area contributed by atoms with Crippen molar-refractivity contribution in [3.8, 4) is 0 Å². The Morgan fingerprint density at radius 2 is 1.69 bits per heavy atom. The molecule has 0 radical (unpaired) electrons. The molecule has 138 valence electrons. The van der Waals surface area contributed by atoms with Crippen molar-refractivity contribution in [1.29, 1.82) is 0 Å². The number of amides is 1. The second-order valence-electron chi connectivity index (χ2n) is 6.66. The third kappa shape index (κ3) is 4.14. The van der Waals surface area contributed by atoms with E-state index in [1.165, 1.54) is 4.31 Å². The summed E-state index contributed by atoms with van der Waals surface area (Å²) in [4.78, 5) is 12.9. The van der Waals surface area contributed by atoms with Crippen molar-refractivity contribution < 1.29 is 13.2 Å². The van der Waals surface area contributed by atoms with Crippen LogP contribution in [0.5, 0.6) is 0 Å². The number of rotatable bonds is 5. The Kier molecular flexibility index (Phi) is 5.74. The second-order valence-corrected chi connectivity index (χ2v) is 8.59. The van der Waals surface area contributed by atoms with Crippen LogP contribution in [-0.2, 0) is 14.8 Å². The van der Waals surface area contributed by atoms with Gasteiger partial charge in [0.05, 0.1) is 16.9 Å². The van der Waals surface area contributed by atoms with Crippen molar-refractivity contribution >= 4 is 15.9 Å². The van der Waals surface area contributed by atoms with E-state index in [2.05, 4.69) is 5.32 Å². The Morgan fingerprint density at radius 3 is 2.35 bits per heavy atom. The number of benzene rings is 2. The highest BCUT2D eigenvalue weighted by atomic mass is 32.2. The fourth-order valence-corrected chi connectivity index (χ4v) is 4.82. The number of carbonyl (C=O) groups excluding carboxylic acids is 1. The van der Waals surface area contributed by atoms with Crippen molar-refractivity contribution in [3.05, 3.63) is 66.2 Å². The molecule has 0 spiro atoms. The number of nitrogens with zero attached hydrogens (tertiary/aromatic N) is 1. The quantitative estimate of drug-likeness (QED) is 0.877. The highest BCUT2D eigenvalue weighted by Gasteiger charge is 2.33. The van der Waals surface area contributed by atoms with Gasteiger partial charge in [-0.15, -0.1) is 0 Å². The number of carbonyl (C=O) groups is 1. The minimum absolute atomic E-state index is 0.0886. The smallest absolute Gasteiger partial charge is 0.243 e. The standard InChI is InChI=1S/C20H24N2O3S/c1-16(17-9-4-2-5-10-17)21-20(23)18-11-8-14-22(15-18)26(24,25)19-12-6-3-7-13-19/h2-7,9-10,12-13,16,18H,8,11,14-15H2,1H3,(H,21,23). The van der Waals surface area contributed by atoms with Gasteiger partial charge < -0.3 is 5.32 Å². The van der Waals surface area contributed by atoms with Gasteiger partial charge in [-0.25, -0.2) is 8.42 Å². The molecule has 0 bridgehead atoms. The zero-order valence-corrected chi connectivity index (χ0v) is 15.7. The third-order valence-electron chi connectivity index (χ3n) is 4.79. The van der Waals surface area contributed by atoms with Crippen LogP contribution in [0.1, 0.15) is 31.4 Å². The summed E-state index contributed by atoms with van der Waals surface area (Å²) in [5.74, 6) is -0.414. The van der Waals surface area contributed by atoms with Crippen LogP contribution in [0, 0.1) is 5.92 Å².